The first kappa shape index (κ1) is 17.9. The van der Waals surface area contributed by atoms with Crippen LogP contribution in [0.1, 0.15) is 11.6 Å². The zero-order valence-corrected chi connectivity index (χ0v) is 14.3. The fourth-order valence-corrected chi connectivity index (χ4v) is 2.72. The van der Waals surface area contributed by atoms with Crippen molar-refractivity contribution in [3.8, 4) is 17.2 Å². The molecule has 0 saturated heterocycles. The van der Waals surface area contributed by atoms with Gasteiger partial charge in [0.1, 0.15) is 5.75 Å². The molecule has 1 rings (SSSR count). The van der Waals surface area contributed by atoms with Crippen LogP contribution in [-0.2, 0) is 0 Å². The average molecular weight is 314 g/mol. The first-order valence-corrected chi connectivity index (χ1v) is 8.21. The maximum absolute atomic E-state index is 5.99. The minimum absolute atomic E-state index is 0.0758. The standard InChI is InChI=1S/C15H26N2O3S/c1-17(6-7-21-5)12(10-16)11-8-14(19-3)15(20-4)9-13(11)18-2/h8-9,12H,6-7,10,16H2,1-5H3. The highest BCUT2D eigenvalue weighted by molar-refractivity contribution is 7.98. The molecule has 0 radical (unpaired) electrons. The summed E-state index contributed by atoms with van der Waals surface area (Å²) in [5.41, 5.74) is 7.00. The zero-order valence-electron chi connectivity index (χ0n) is 13.5. The van der Waals surface area contributed by atoms with Crippen molar-refractivity contribution in [3.63, 3.8) is 0 Å². The van der Waals surface area contributed by atoms with E-state index in [-0.39, 0.29) is 6.04 Å². The van der Waals surface area contributed by atoms with E-state index >= 15 is 0 Å². The Labute approximate surface area is 131 Å². The number of likely N-dealkylation sites (N-methyl/N-ethyl adjacent to an activating group) is 1. The highest BCUT2D eigenvalue weighted by Gasteiger charge is 2.22. The molecule has 5 nitrogen and oxygen atoms in total. The maximum atomic E-state index is 5.99. The summed E-state index contributed by atoms with van der Waals surface area (Å²) in [6.07, 6.45) is 2.10. The van der Waals surface area contributed by atoms with Crippen LogP contribution in [-0.4, -0.2) is 58.4 Å². The number of thioether (sulfide) groups is 1. The van der Waals surface area contributed by atoms with Gasteiger partial charge in [-0.3, -0.25) is 4.90 Å². The number of hydrogen-bond donors (Lipinski definition) is 1. The molecule has 1 unspecified atom stereocenters. The van der Waals surface area contributed by atoms with Crippen molar-refractivity contribution in [2.24, 2.45) is 5.73 Å². The van der Waals surface area contributed by atoms with Crippen molar-refractivity contribution in [2.75, 3.05) is 53.5 Å². The van der Waals surface area contributed by atoms with Crippen LogP contribution >= 0.6 is 11.8 Å². The molecule has 0 saturated carbocycles. The Bertz CT molecular complexity index is 443. The third-order valence-corrected chi connectivity index (χ3v) is 4.09. The molecular weight excluding hydrogens is 288 g/mol. The molecule has 0 amide bonds. The summed E-state index contributed by atoms with van der Waals surface area (Å²) in [4.78, 5) is 2.24. The van der Waals surface area contributed by atoms with E-state index in [0.29, 0.717) is 18.0 Å². The fraction of sp³-hybridized carbons (Fsp3) is 0.600. The van der Waals surface area contributed by atoms with Gasteiger partial charge in [0.25, 0.3) is 0 Å². The minimum Gasteiger partial charge on any atom is -0.496 e. The molecule has 21 heavy (non-hydrogen) atoms. The van der Waals surface area contributed by atoms with Crippen LogP contribution in [0.4, 0.5) is 0 Å². The number of hydrogen-bond acceptors (Lipinski definition) is 6. The summed E-state index contributed by atoms with van der Waals surface area (Å²) in [6, 6.07) is 3.87. The molecular formula is C15H26N2O3S. The van der Waals surface area contributed by atoms with Crippen molar-refractivity contribution in [2.45, 2.75) is 6.04 Å². The van der Waals surface area contributed by atoms with Gasteiger partial charge in [-0.15, -0.1) is 0 Å². The maximum Gasteiger partial charge on any atom is 0.164 e. The lowest BCUT2D eigenvalue weighted by Gasteiger charge is -2.29. The molecule has 0 heterocycles. The normalized spacial score (nSPS) is 12.3. The van der Waals surface area contributed by atoms with E-state index in [2.05, 4.69) is 18.2 Å². The molecule has 0 aliphatic heterocycles. The Hall–Kier alpha value is -1.11. The van der Waals surface area contributed by atoms with Crippen molar-refractivity contribution in [1.82, 2.24) is 4.90 Å². The van der Waals surface area contributed by atoms with Crippen LogP contribution in [0.3, 0.4) is 0 Å². The van der Waals surface area contributed by atoms with E-state index in [0.717, 1.165) is 23.6 Å². The number of nitrogens with two attached hydrogens (primary N) is 1. The first-order valence-electron chi connectivity index (χ1n) is 6.82. The largest absolute Gasteiger partial charge is 0.496 e. The quantitative estimate of drug-likeness (QED) is 0.752. The van der Waals surface area contributed by atoms with Gasteiger partial charge in [0, 0.05) is 30.5 Å². The summed E-state index contributed by atoms with van der Waals surface area (Å²) in [7, 11) is 6.97. The Morgan fingerprint density at radius 3 is 2.14 bits per heavy atom. The molecule has 0 bridgehead atoms. The van der Waals surface area contributed by atoms with E-state index in [1.165, 1.54) is 0 Å². The summed E-state index contributed by atoms with van der Waals surface area (Å²) in [6.45, 7) is 1.47. The van der Waals surface area contributed by atoms with Crippen molar-refractivity contribution >= 4 is 11.8 Å². The molecule has 0 fully saturated rings. The number of benzene rings is 1. The van der Waals surface area contributed by atoms with Gasteiger partial charge in [-0.05, 0) is 19.4 Å². The van der Waals surface area contributed by atoms with E-state index in [1.807, 2.05) is 23.9 Å². The van der Waals surface area contributed by atoms with Crippen LogP contribution in [0.25, 0.3) is 0 Å². The lowest BCUT2D eigenvalue weighted by atomic mass is 10.0. The molecule has 6 heteroatoms. The van der Waals surface area contributed by atoms with Gasteiger partial charge < -0.3 is 19.9 Å². The van der Waals surface area contributed by atoms with Gasteiger partial charge in [0.15, 0.2) is 11.5 Å². The molecule has 1 atom stereocenters. The van der Waals surface area contributed by atoms with E-state index < -0.39 is 0 Å². The van der Waals surface area contributed by atoms with Crippen LogP contribution < -0.4 is 19.9 Å². The number of nitrogens with zero attached hydrogens (tertiary/aromatic N) is 1. The predicted molar refractivity (Wildman–Crippen MR) is 88.9 cm³/mol. The van der Waals surface area contributed by atoms with E-state index in [1.54, 1.807) is 21.3 Å². The summed E-state index contributed by atoms with van der Waals surface area (Å²) >= 11 is 1.82. The number of ether oxygens (including phenoxy) is 3. The van der Waals surface area contributed by atoms with Crippen molar-refractivity contribution in [1.29, 1.82) is 0 Å². The summed E-state index contributed by atoms with van der Waals surface area (Å²) < 4.78 is 16.2. The number of rotatable bonds is 9. The van der Waals surface area contributed by atoms with Crippen molar-refractivity contribution < 1.29 is 14.2 Å². The molecule has 0 aliphatic carbocycles. The van der Waals surface area contributed by atoms with E-state index in [4.69, 9.17) is 19.9 Å². The van der Waals surface area contributed by atoms with Crippen LogP contribution in [0.5, 0.6) is 17.2 Å². The fourth-order valence-electron chi connectivity index (χ4n) is 2.25. The van der Waals surface area contributed by atoms with Gasteiger partial charge >= 0.3 is 0 Å². The minimum atomic E-state index is 0.0758. The second-order valence-electron chi connectivity index (χ2n) is 4.67. The molecule has 0 aromatic heterocycles. The van der Waals surface area contributed by atoms with Crippen molar-refractivity contribution in [3.05, 3.63) is 17.7 Å². The lowest BCUT2D eigenvalue weighted by Crippen LogP contribution is -2.32. The van der Waals surface area contributed by atoms with Crippen LogP contribution in [0.2, 0.25) is 0 Å². The summed E-state index contributed by atoms with van der Waals surface area (Å²) in [5.74, 6) is 3.16. The first-order chi connectivity index (χ1) is 10.1. The summed E-state index contributed by atoms with van der Waals surface area (Å²) in [5, 5.41) is 0. The Morgan fingerprint density at radius 2 is 1.67 bits per heavy atom. The number of methoxy groups -OCH3 is 3. The topological polar surface area (TPSA) is 57.0 Å². The van der Waals surface area contributed by atoms with Crippen LogP contribution in [0.15, 0.2) is 12.1 Å². The smallest absolute Gasteiger partial charge is 0.164 e. The molecule has 2 N–H and O–H groups in total. The molecule has 1 aromatic carbocycles. The van der Waals surface area contributed by atoms with Gasteiger partial charge in [-0.1, -0.05) is 0 Å². The Morgan fingerprint density at radius 1 is 1.10 bits per heavy atom. The molecule has 120 valence electrons. The lowest BCUT2D eigenvalue weighted by molar-refractivity contribution is 0.256. The highest BCUT2D eigenvalue weighted by atomic mass is 32.2. The zero-order chi connectivity index (χ0) is 15.8. The van der Waals surface area contributed by atoms with E-state index in [9.17, 15) is 0 Å². The third-order valence-electron chi connectivity index (χ3n) is 3.50. The molecule has 1 aromatic rings. The average Bonchev–Trinajstić information content (AvgIpc) is 2.52. The Kier molecular flexibility index (Phi) is 7.71. The van der Waals surface area contributed by atoms with Gasteiger partial charge in [0.2, 0.25) is 0 Å². The van der Waals surface area contributed by atoms with Gasteiger partial charge in [-0.2, -0.15) is 11.8 Å². The predicted octanol–water partition coefficient (Wildman–Crippen LogP) is 2.01. The molecule has 0 aliphatic rings. The van der Waals surface area contributed by atoms with Gasteiger partial charge in [0.05, 0.1) is 27.4 Å². The molecule has 0 spiro atoms. The highest BCUT2D eigenvalue weighted by Crippen LogP contribution is 2.38. The third kappa shape index (κ3) is 4.43. The van der Waals surface area contributed by atoms with Crippen LogP contribution in [0, 0.1) is 0 Å². The second kappa shape index (κ2) is 9.02. The second-order valence-corrected chi connectivity index (χ2v) is 5.66. The Balaban J connectivity index is 3.17. The van der Waals surface area contributed by atoms with Gasteiger partial charge in [-0.25, -0.2) is 0 Å². The SMILES string of the molecule is COc1cc(OC)c(C(CN)N(C)CCSC)cc1OC. The monoisotopic (exact) mass is 314 g/mol.